The maximum atomic E-state index is 12.6. The molecule has 0 aliphatic heterocycles. The van der Waals surface area contributed by atoms with Crippen LogP contribution in [0, 0.1) is 0 Å². The Morgan fingerprint density at radius 1 is 0.586 bits per heavy atom. The van der Waals surface area contributed by atoms with Gasteiger partial charge in [0.2, 0.25) is 0 Å². The summed E-state index contributed by atoms with van der Waals surface area (Å²) < 4.78 is 65.2. The Kier molecular flexibility index (Phi) is 16.4. The highest BCUT2D eigenvalue weighted by Crippen LogP contribution is 2.36. The summed E-state index contributed by atoms with van der Waals surface area (Å²) in [6.07, 6.45) is 13.7. The molecule has 0 amide bonds. The summed E-state index contributed by atoms with van der Waals surface area (Å²) in [6, 6.07) is 0. The predicted molar refractivity (Wildman–Crippen MR) is 106 cm³/mol. The Balaban J connectivity index is 3.31. The maximum Gasteiger partial charge on any atom is 0.465 e. The van der Waals surface area contributed by atoms with Crippen LogP contribution in [0.2, 0.25) is 0 Å². The Morgan fingerprint density at radius 2 is 0.897 bits per heavy atom. The van der Waals surface area contributed by atoms with Gasteiger partial charge in [-0.05, 0) is 6.42 Å². The summed E-state index contributed by atoms with van der Waals surface area (Å²) in [4.78, 5) is 10.8. The minimum atomic E-state index is -5.90. The van der Waals surface area contributed by atoms with Gasteiger partial charge in [-0.25, -0.2) is 4.79 Å². The van der Waals surface area contributed by atoms with Crippen LogP contribution < -0.4 is 0 Å². The van der Waals surface area contributed by atoms with Crippen LogP contribution in [0.5, 0.6) is 0 Å². The lowest BCUT2D eigenvalue weighted by molar-refractivity contribution is -0.280. The van der Waals surface area contributed by atoms with Crippen LogP contribution in [-0.4, -0.2) is 24.7 Å². The topological polar surface area (TPSA) is 26.3 Å². The van der Waals surface area contributed by atoms with E-state index in [1.807, 2.05) is 0 Å². The van der Waals surface area contributed by atoms with Crippen LogP contribution in [-0.2, 0) is 9.53 Å². The van der Waals surface area contributed by atoms with E-state index in [0.29, 0.717) is 12.8 Å². The number of hydrogen-bond acceptors (Lipinski definition) is 2. The van der Waals surface area contributed by atoms with Crippen molar-refractivity contribution < 1.29 is 31.5 Å². The summed E-state index contributed by atoms with van der Waals surface area (Å²) in [5.74, 6) is -7.94. The van der Waals surface area contributed by atoms with Gasteiger partial charge in [-0.3, -0.25) is 0 Å². The summed E-state index contributed by atoms with van der Waals surface area (Å²) in [6.45, 7) is 1.83. The predicted octanol–water partition coefficient (Wildman–Crippen LogP) is 8.38. The monoisotopic (exact) mass is 430 g/mol. The van der Waals surface area contributed by atoms with Crippen LogP contribution in [0.1, 0.15) is 116 Å². The number of ether oxygens (including phenoxy) is 1. The first kappa shape index (κ1) is 28.1. The van der Waals surface area contributed by atoms with Gasteiger partial charge < -0.3 is 4.74 Å². The number of carbonyl (C=O) groups is 1. The highest BCUT2D eigenvalue weighted by Gasteiger charge is 2.64. The van der Waals surface area contributed by atoms with Crippen LogP contribution in [0.4, 0.5) is 22.0 Å². The zero-order valence-corrected chi connectivity index (χ0v) is 17.9. The molecule has 0 aliphatic rings. The summed E-state index contributed by atoms with van der Waals surface area (Å²) in [5, 5.41) is 0. The van der Waals surface area contributed by atoms with E-state index in [0.717, 1.165) is 19.3 Å². The first-order valence-electron chi connectivity index (χ1n) is 11.3. The van der Waals surface area contributed by atoms with E-state index in [2.05, 4.69) is 11.7 Å². The highest BCUT2D eigenvalue weighted by molar-refractivity contribution is 5.78. The van der Waals surface area contributed by atoms with Gasteiger partial charge in [-0.15, -0.1) is 0 Å². The molecular formula is C22H39F5O2. The number of unbranched alkanes of at least 4 members (excludes halogenated alkanes) is 16. The molecule has 0 unspecified atom stereocenters. The third kappa shape index (κ3) is 14.7. The zero-order valence-electron chi connectivity index (χ0n) is 17.9. The smallest absolute Gasteiger partial charge is 0.461 e. The average molecular weight is 431 g/mol. The summed E-state index contributed by atoms with van der Waals surface area (Å²) >= 11 is 0. The molecule has 0 aromatic heterocycles. The first-order chi connectivity index (χ1) is 13.7. The lowest BCUT2D eigenvalue weighted by atomic mass is 10.0. The second kappa shape index (κ2) is 16.9. The number of alkyl halides is 5. The van der Waals surface area contributed by atoms with E-state index >= 15 is 0 Å². The lowest BCUT2D eigenvalue weighted by Crippen LogP contribution is -2.45. The molecule has 0 saturated heterocycles. The molecule has 0 atom stereocenters. The largest absolute Gasteiger partial charge is 0.465 e. The molecule has 0 rings (SSSR count). The number of carbonyl (C=O) groups excluding carboxylic acids is 1. The summed E-state index contributed by atoms with van der Waals surface area (Å²) in [5.41, 5.74) is 0. The number of halogens is 5. The first-order valence-corrected chi connectivity index (χ1v) is 11.3. The molecule has 29 heavy (non-hydrogen) atoms. The van der Waals surface area contributed by atoms with Crippen molar-refractivity contribution in [2.75, 3.05) is 6.61 Å². The van der Waals surface area contributed by atoms with Gasteiger partial charge in [0.1, 0.15) is 0 Å². The molecule has 0 spiro atoms. The van der Waals surface area contributed by atoms with Gasteiger partial charge in [-0.1, -0.05) is 110 Å². The van der Waals surface area contributed by atoms with E-state index in [1.165, 1.54) is 77.0 Å². The van der Waals surface area contributed by atoms with Crippen molar-refractivity contribution in [1.82, 2.24) is 0 Å². The second-order valence-corrected chi connectivity index (χ2v) is 7.86. The van der Waals surface area contributed by atoms with E-state index in [-0.39, 0.29) is 0 Å². The van der Waals surface area contributed by atoms with Crippen LogP contribution in [0.15, 0.2) is 0 Å². The fraction of sp³-hybridized carbons (Fsp3) is 0.955. The fourth-order valence-electron chi connectivity index (χ4n) is 3.20. The minimum absolute atomic E-state index is 0.304. The molecular weight excluding hydrogens is 391 g/mol. The highest BCUT2D eigenvalue weighted by atomic mass is 19.4. The third-order valence-corrected chi connectivity index (χ3v) is 5.09. The molecule has 0 aliphatic carbocycles. The zero-order chi connectivity index (χ0) is 22.0. The fourth-order valence-corrected chi connectivity index (χ4v) is 3.20. The Labute approximate surface area is 173 Å². The maximum absolute atomic E-state index is 12.6. The van der Waals surface area contributed by atoms with E-state index in [9.17, 15) is 26.7 Å². The normalized spacial score (nSPS) is 12.3. The lowest BCUT2D eigenvalue weighted by Gasteiger charge is -2.17. The average Bonchev–Trinajstić information content (AvgIpc) is 2.65. The molecule has 2 nitrogen and oxygen atoms in total. The summed E-state index contributed by atoms with van der Waals surface area (Å²) in [7, 11) is 0. The van der Waals surface area contributed by atoms with Crippen molar-refractivity contribution in [2.45, 2.75) is 128 Å². The molecule has 7 heteroatoms. The SMILES string of the molecule is CCCCCCCCCCCCCCCCCCCOC(=O)C(F)(F)C(F)(F)F. The standard InChI is InChI=1S/C22H39F5O2/c1-2-3-4-5-6-7-8-9-10-11-12-13-14-15-16-17-18-19-29-20(28)21(23,24)22(25,26)27/h2-19H2,1H3. The number of esters is 1. The molecule has 0 fully saturated rings. The Morgan fingerprint density at radius 3 is 1.21 bits per heavy atom. The van der Waals surface area contributed by atoms with Crippen molar-refractivity contribution in [3.8, 4) is 0 Å². The number of hydrogen-bond donors (Lipinski definition) is 0. The van der Waals surface area contributed by atoms with Crippen molar-refractivity contribution in [3.05, 3.63) is 0 Å². The van der Waals surface area contributed by atoms with E-state index < -0.39 is 24.7 Å². The van der Waals surface area contributed by atoms with E-state index in [1.54, 1.807) is 0 Å². The number of rotatable bonds is 19. The van der Waals surface area contributed by atoms with Crippen LogP contribution in [0.3, 0.4) is 0 Å². The molecule has 0 aromatic carbocycles. The third-order valence-electron chi connectivity index (χ3n) is 5.09. The molecule has 0 heterocycles. The van der Waals surface area contributed by atoms with Crippen molar-refractivity contribution >= 4 is 5.97 Å². The molecule has 0 N–H and O–H groups in total. The van der Waals surface area contributed by atoms with Crippen molar-refractivity contribution in [2.24, 2.45) is 0 Å². The van der Waals surface area contributed by atoms with E-state index in [4.69, 9.17) is 0 Å². The van der Waals surface area contributed by atoms with Gasteiger partial charge in [0.25, 0.3) is 0 Å². The minimum Gasteiger partial charge on any atom is -0.461 e. The quantitative estimate of drug-likeness (QED) is 0.117. The van der Waals surface area contributed by atoms with Crippen molar-refractivity contribution in [1.29, 1.82) is 0 Å². The van der Waals surface area contributed by atoms with Gasteiger partial charge in [0.15, 0.2) is 0 Å². The Hall–Kier alpha value is -0.880. The second-order valence-electron chi connectivity index (χ2n) is 7.86. The molecule has 0 radical (unpaired) electrons. The van der Waals surface area contributed by atoms with Crippen molar-refractivity contribution in [3.63, 3.8) is 0 Å². The van der Waals surface area contributed by atoms with Gasteiger partial charge >= 0.3 is 18.1 Å². The molecule has 0 bridgehead atoms. The van der Waals surface area contributed by atoms with Gasteiger partial charge in [-0.2, -0.15) is 22.0 Å². The Bertz CT molecular complexity index is 397. The molecule has 0 aromatic rings. The van der Waals surface area contributed by atoms with Gasteiger partial charge in [0, 0.05) is 0 Å². The molecule has 174 valence electrons. The molecule has 0 saturated carbocycles. The van der Waals surface area contributed by atoms with Crippen LogP contribution in [0.25, 0.3) is 0 Å². The van der Waals surface area contributed by atoms with Gasteiger partial charge in [0.05, 0.1) is 6.61 Å². The van der Waals surface area contributed by atoms with Crippen LogP contribution >= 0.6 is 0 Å².